The first-order valence-corrected chi connectivity index (χ1v) is 9.84. The molecule has 5 nitrogen and oxygen atoms in total. The van der Waals surface area contributed by atoms with Crippen LogP contribution in [-0.2, 0) is 21.2 Å². The molecule has 0 aliphatic carbocycles. The van der Waals surface area contributed by atoms with Gasteiger partial charge in [-0.05, 0) is 30.5 Å². The molecule has 0 bridgehead atoms. The maximum Gasteiger partial charge on any atom is 0.234 e. The smallest absolute Gasteiger partial charge is 0.234 e. The zero-order valence-corrected chi connectivity index (χ0v) is 14.9. The molecule has 1 atom stereocenters. The van der Waals surface area contributed by atoms with Gasteiger partial charge in [0.25, 0.3) is 0 Å². The van der Waals surface area contributed by atoms with Crippen molar-refractivity contribution in [3.05, 3.63) is 35.4 Å². The summed E-state index contributed by atoms with van der Waals surface area (Å²) in [5, 5.41) is 2.82. The number of carbonyl (C=O) groups excluding carboxylic acids is 1. The van der Waals surface area contributed by atoms with Gasteiger partial charge in [0, 0.05) is 12.6 Å². The molecule has 0 spiro atoms. The van der Waals surface area contributed by atoms with E-state index in [4.69, 9.17) is 0 Å². The third kappa shape index (κ3) is 5.62. The lowest BCUT2D eigenvalue weighted by molar-refractivity contribution is -0.122. The summed E-state index contributed by atoms with van der Waals surface area (Å²) in [6, 6.07) is 8.20. The topological polar surface area (TPSA) is 66.5 Å². The zero-order valence-electron chi connectivity index (χ0n) is 14.1. The first kappa shape index (κ1) is 17.9. The molecule has 2 rings (SSSR count). The number of hydrogen-bond donors (Lipinski definition) is 1. The molecule has 1 N–H and O–H groups in total. The normalized spacial score (nSPS) is 20.1. The molecule has 0 aromatic heterocycles. The molecule has 1 amide bonds. The quantitative estimate of drug-likeness (QED) is 0.854. The van der Waals surface area contributed by atoms with Gasteiger partial charge in [0.05, 0.1) is 18.1 Å². The highest BCUT2D eigenvalue weighted by atomic mass is 32.2. The minimum atomic E-state index is -2.96. The first-order valence-electron chi connectivity index (χ1n) is 8.02. The molecular formula is C17H26N2O3S. The molecule has 1 aliphatic heterocycles. The van der Waals surface area contributed by atoms with Crippen molar-refractivity contribution in [2.45, 2.75) is 38.8 Å². The van der Waals surface area contributed by atoms with Crippen LogP contribution in [0, 0.1) is 0 Å². The number of benzene rings is 1. The molecule has 1 aromatic rings. The lowest BCUT2D eigenvalue weighted by Crippen LogP contribution is -2.41. The number of nitrogens with one attached hydrogen (secondary N) is 1. The van der Waals surface area contributed by atoms with Gasteiger partial charge in [0.1, 0.15) is 0 Å². The van der Waals surface area contributed by atoms with Gasteiger partial charge in [-0.2, -0.15) is 0 Å². The van der Waals surface area contributed by atoms with Gasteiger partial charge in [0.15, 0.2) is 9.84 Å². The van der Waals surface area contributed by atoms with Crippen molar-refractivity contribution in [1.82, 2.24) is 10.2 Å². The summed E-state index contributed by atoms with van der Waals surface area (Å²) in [6.45, 7) is 5.28. The SMILES string of the molecule is CC(C)c1ccc(CN(C)CC(=O)NC2CCS(=O)(=O)C2)cc1. The summed E-state index contributed by atoms with van der Waals surface area (Å²) in [6.07, 6.45) is 0.522. The Morgan fingerprint density at radius 2 is 1.96 bits per heavy atom. The second-order valence-corrected chi connectivity index (χ2v) is 8.96. The van der Waals surface area contributed by atoms with Crippen LogP contribution in [0.25, 0.3) is 0 Å². The minimum Gasteiger partial charge on any atom is -0.351 e. The highest BCUT2D eigenvalue weighted by Gasteiger charge is 2.28. The van der Waals surface area contributed by atoms with Gasteiger partial charge in [-0.3, -0.25) is 9.69 Å². The van der Waals surface area contributed by atoms with Crippen LogP contribution in [0.1, 0.15) is 37.3 Å². The molecule has 23 heavy (non-hydrogen) atoms. The molecule has 0 saturated carbocycles. The molecule has 128 valence electrons. The van der Waals surface area contributed by atoms with E-state index in [-0.39, 0.29) is 30.0 Å². The summed E-state index contributed by atoms with van der Waals surface area (Å²) < 4.78 is 22.8. The Balaban J connectivity index is 1.80. The largest absolute Gasteiger partial charge is 0.351 e. The van der Waals surface area contributed by atoms with E-state index in [1.54, 1.807) is 0 Å². The highest BCUT2D eigenvalue weighted by molar-refractivity contribution is 7.91. The number of nitrogens with zero attached hydrogens (tertiary/aromatic N) is 1. The number of sulfone groups is 1. The lowest BCUT2D eigenvalue weighted by Gasteiger charge is -2.18. The Morgan fingerprint density at radius 1 is 1.30 bits per heavy atom. The number of rotatable bonds is 6. The Morgan fingerprint density at radius 3 is 2.48 bits per heavy atom. The van der Waals surface area contributed by atoms with Gasteiger partial charge in [0.2, 0.25) is 5.91 Å². The van der Waals surface area contributed by atoms with E-state index in [1.165, 1.54) is 5.56 Å². The van der Waals surface area contributed by atoms with Crippen LogP contribution < -0.4 is 5.32 Å². The molecule has 1 aliphatic rings. The van der Waals surface area contributed by atoms with Crippen molar-refractivity contribution < 1.29 is 13.2 Å². The van der Waals surface area contributed by atoms with Crippen molar-refractivity contribution in [2.75, 3.05) is 25.1 Å². The number of likely N-dealkylation sites (N-methyl/N-ethyl adjacent to an activating group) is 1. The third-order valence-electron chi connectivity index (χ3n) is 4.11. The van der Waals surface area contributed by atoms with Crippen LogP contribution >= 0.6 is 0 Å². The predicted molar refractivity (Wildman–Crippen MR) is 92.1 cm³/mol. The van der Waals surface area contributed by atoms with E-state index in [0.717, 1.165) is 5.56 Å². The number of hydrogen-bond acceptors (Lipinski definition) is 4. The predicted octanol–water partition coefficient (Wildman–Crippen LogP) is 1.55. The zero-order chi connectivity index (χ0) is 17.0. The van der Waals surface area contributed by atoms with Crippen LogP contribution in [-0.4, -0.2) is 50.4 Å². The van der Waals surface area contributed by atoms with Crippen LogP contribution in [0.2, 0.25) is 0 Å². The van der Waals surface area contributed by atoms with E-state index < -0.39 is 9.84 Å². The molecule has 1 heterocycles. The second-order valence-electron chi connectivity index (χ2n) is 6.74. The summed E-state index contributed by atoms with van der Waals surface area (Å²) in [5.41, 5.74) is 2.46. The maximum absolute atomic E-state index is 12.0. The first-order chi connectivity index (χ1) is 10.7. The number of carbonyl (C=O) groups is 1. The molecular weight excluding hydrogens is 312 g/mol. The Kier molecular flexibility index (Phi) is 5.81. The molecule has 1 unspecified atom stereocenters. The molecule has 1 saturated heterocycles. The summed E-state index contributed by atoms with van der Waals surface area (Å²) in [5.74, 6) is 0.637. The average molecular weight is 338 g/mol. The van der Waals surface area contributed by atoms with Gasteiger partial charge in [-0.25, -0.2) is 8.42 Å². The van der Waals surface area contributed by atoms with Crippen LogP contribution in [0.4, 0.5) is 0 Å². The van der Waals surface area contributed by atoms with Gasteiger partial charge in [-0.1, -0.05) is 38.1 Å². The third-order valence-corrected chi connectivity index (χ3v) is 5.88. The summed E-state index contributed by atoms with van der Waals surface area (Å²) in [7, 11) is -1.07. The fraction of sp³-hybridized carbons (Fsp3) is 0.588. The van der Waals surface area contributed by atoms with Gasteiger partial charge >= 0.3 is 0 Å². The number of amides is 1. The van der Waals surface area contributed by atoms with Crippen molar-refractivity contribution in [3.63, 3.8) is 0 Å². The second kappa shape index (κ2) is 7.45. The standard InChI is InChI=1S/C17H26N2O3S/c1-13(2)15-6-4-14(5-7-15)10-19(3)11-17(20)18-16-8-9-23(21,22)12-16/h4-7,13,16H,8-12H2,1-3H3,(H,18,20). The van der Waals surface area contributed by atoms with Gasteiger partial charge < -0.3 is 5.32 Å². The lowest BCUT2D eigenvalue weighted by atomic mass is 10.0. The van der Waals surface area contributed by atoms with E-state index >= 15 is 0 Å². The maximum atomic E-state index is 12.0. The van der Waals surface area contributed by atoms with E-state index in [2.05, 4.69) is 43.4 Å². The van der Waals surface area contributed by atoms with Crippen LogP contribution in [0.3, 0.4) is 0 Å². The summed E-state index contributed by atoms with van der Waals surface area (Å²) in [4.78, 5) is 13.9. The van der Waals surface area contributed by atoms with Crippen molar-refractivity contribution in [1.29, 1.82) is 0 Å². The van der Waals surface area contributed by atoms with Crippen LogP contribution in [0.15, 0.2) is 24.3 Å². The van der Waals surface area contributed by atoms with Crippen molar-refractivity contribution in [3.8, 4) is 0 Å². The Hall–Kier alpha value is -1.40. The van der Waals surface area contributed by atoms with Crippen molar-refractivity contribution in [2.24, 2.45) is 0 Å². The highest BCUT2D eigenvalue weighted by Crippen LogP contribution is 2.15. The fourth-order valence-corrected chi connectivity index (χ4v) is 4.48. The van der Waals surface area contributed by atoms with E-state index in [1.807, 2.05) is 11.9 Å². The summed E-state index contributed by atoms with van der Waals surface area (Å²) >= 11 is 0. The van der Waals surface area contributed by atoms with Crippen LogP contribution in [0.5, 0.6) is 0 Å². The Labute approximate surface area is 139 Å². The minimum absolute atomic E-state index is 0.0686. The Bertz CT molecular complexity index is 638. The van der Waals surface area contributed by atoms with E-state index in [9.17, 15) is 13.2 Å². The van der Waals surface area contributed by atoms with Gasteiger partial charge in [-0.15, -0.1) is 0 Å². The average Bonchev–Trinajstić information content (AvgIpc) is 2.77. The molecule has 6 heteroatoms. The van der Waals surface area contributed by atoms with E-state index in [0.29, 0.717) is 18.9 Å². The fourth-order valence-electron chi connectivity index (χ4n) is 2.80. The van der Waals surface area contributed by atoms with Crippen molar-refractivity contribution >= 4 is 15.7 Å². The monoisotopic (exact) mass is 338 g/mol. The molecule has 0 radical (unpaired) electrons. The molecule has 1 fully saturated rings. The molecule has 1 aromatic carbocycles.